The van der Waals surface area contributed by atoms with Gasteiger partial charge in [-0.2, -0.15) is 9.78 Å². The standard InChI is InChI=1S/C24H24N4O2S/c1-5-30-16-8-9-19-20(11-16)31-24(25-19)28-23-22(15(4)27-28)18(12-21(29)26-23)17-10-13(2)6-7-14(17)3/h6-11,18H,5,12H2,1-4H3,(H,26,29). The Bertz CT molecular complexity index is 1320. The molecule has 158 valence electrons. The minimum absolute atomic E-state index is 0.000649. The van der Waals surface area contributed by atoms with E-state index in [1.807, 2.05) is 32.0 Å². The largest absolute Gasteiger partial charge is 0.494 e. The Morgan fingerprint density at radius 3 is 2.84 bits per heavy atom. The second kappa shape index (κ2) is 7.50. The van der Waals surface area contributed by atoms with Crippen molar-refractivity contribution in [3.63, 3.8) is 0 Å². The van der Waals surface area contributed by atoms with Crippen LogP contribution in [-0.4, -0.2) is 27.3 Å². The first-order valence-electron chi connectivity index (χ1n) is 10.4. The number of nitrogens with one attached hydrogen (secondary N) is 1. The van der Waals surface area contributed by atoms with E-state index in [2.05, 4.69) is 37.4 Å². The van der Waals surface area contributed by atoms with Gasteiger partial charge in [-0.05, 0) is 57.0 Å². The Balaban J connectivity index is 1.64. The molecule has 4 aromatic rings. The highest BCUT2D eigenvalue weighted by Gasteiger charge is 2.34. The molecule has 2 aromatic carbocycles. The fourth-order valence-corrected chi connectivity index (χ4v) is 5.28. The molecule has 0 radical (unpaired) electrons. The Hall–Kier alpha value is -3.19. The van der Waals surface area contributed by atoms with Gasteiger partial charge in [-0.3, -0.25) is 4.79 Å². The molecule has 2 aromatic heterocycles. The number of aromatic nitrogens is 3. The van der Waals surface area contributed by atoms with Crippen molar-refractivity contribution in [3.8, 4) is 10.9 Å². The molecule has 7 heteroatoms. The van der Waals surface area contributed by atoms with Crippen LogP contribution in [0.5, 0.6) is 5.75 Å². The van der Waals surface area contributed by atoms with E-state index in [1.54, 1.807) is 4.68 Å². The van der Waals surface area contributed by atoms with Crippen LogP contribution in [0.4, 0.5) is 5.82 Å². The fourth-order valence-electron chi connectivity index (χ4n) is 4.33. The molecule has 5 rings (SSSR count). The smallest absolute Gasteiger partial charge is 0.226 e. The molecule has 0 bridgehead atoms. The van der Waals surface area contributed by atoms with E-state index in [0.717, 1.165) is 38.2 Å². The summed E-state index contributed by atoms with van der Waals surface area (Å²) in [4.78, 5) is 17.5. The van der Waals surface area contributed by atoms with Gasteiger partial charge in [0.05, 0.1) is 22.5 Å². The van der Waals surface area contributed by atoms with Crippen molar-refractivity contribution in [2.24, 2.45) is 0 Å². The van der Waals surface area contributed by atoms with E-state index in [-0.39, 0.29) is 11.8 Å². The predicted molar refractivity (Wildman–Crippen MR) is 124 cm³/mol. The number of carbonyl (C=O) groups excluding carboxylic acids is 1. The zero-order valence-electron chi connectivity index (χ0n) is 18.0. The Labute approximate surface area is 184 Å². The van der Waals surface area contributed by atoms with E-state index in [0.29, 0.717) is 13.0 Å². The lowest BCUT2D eigenvalue weighted by molar-refractivity contribution is -0.116. The maximum Gasteiger partial charge on any atom is 0.226 e. The number of benzene rings is 2. The lowest BCUT2D eigenvalue weighted by Crippen LogP contribution is -2.25. The summed E-state index contributed by atoms with van der Waals surface area (Å²) in [6.07, 6.45) is 0.418. The quantitative estimate of drug-likeness (QED) is 0.476. The molecule has 1 N–H and O–H groups in total. The topological polar surface area (TPSA) is 69.0 Å². The number of aryl methyl sites for hydroxylation is 3. The number of carbonyl (C=O) groups is 1. The number of anilines is 1. The van der Waals surface area contributed by atoms with E-state index in [4.69, 9.17) is 14.8 Å². The number of thiazole rings is 1. The second-order valence-corrected chi connectivity index (χ2v) is 8.99. The van der Waals surface area contributed by atoms with Crippen LogP contribution in [0.2, 0.25) is 0 Å². The molecule has 31 heavy (non-hydrogen) atoms. The lowest BCUT2D eigenvalue weighted by Gasteiger charge is -2.25. The normalized spacial score (nSPS) is 15.7. The van der Waals surface area contributed by atoms with E-state index < -0.39 is 0 Å². The molecule has 0 aliphatic carbocycles. The summed E-state index contributed by atoms with van der Waals surface area (Å²) < 4.78 is 8.43. The summed E-state index contributed by atoms with van der Waals surface area (Å²) in [5, 5.41) is 8.59. The van der Waals surface area contributed by atoms with Gasteiger partial charge >= 0.3 is 0 Å². The van der Waals surface area contributed by atoms with Crippen molar-refractivity contribution in [1.29, 1.82) is 0 Å². The van der Waals surface area contributed by atoms with Crippen molar-refractivity contribution >= 4 is 33.3 Å². The maximum atomic E-state index is 12.7. The summed E-state index contributed by atoms with van der Waals surface area (Å²) in [6, 6.07) is 12.3. The molecule has 0 saturated carbocycles. The van der Waals surface area contributed by atoms with Crippen molar-refractivity contribution in [1.82, 2.24) is 14.8 Å². The third-order valence-corrected chi connectivity index (χ3v) is 6.75. The molecular formula is C24H24N4O2S. The summed E-state index contributed by atoms with van der Waals surface area (Å²) in [5.41, 5.74) is 6.43. The number of ether oxygens (including phenoxy) is 1. The van der Waals surface area contributed by atoms with Crippen LogP contribution in [0, 0.1) is 20.8 Å². The van der Waals surface area contributed by atoms with Gasteiger partial charge < -0.3 is 10.1 Å². The maximum absolute atomic E-state index is 12.7. The number of nitrogens with zero attached hydrogens (tertiary/aromatic N) is 3. The number of rotatable bonds is 4. The second-order valence-electron chi connectivity index (χ2n) is 7.98. The monoisotopic (exact) mass is 432 g/mol. The molecule has 0 fully saturated rings. The lowest BCUT2D eigenvalue weighted by atomic mass is 9.83. The molecule has 3 heterocycles. The minimum atomic E-state index is -0.0173. The van der Waals surface area contributed by atoms with Crippen molar-refractivity contribution < 1.29 is 9.53 Å². The van der Waals surface area contributed by atoms with Crippen LogP contribution in [0.3, 0.4) is 0 Å². The average molecular weight is 433 g/mol. The highest BCUT2D eigenvalue weighted by Crippen LogP contribution is 2.42. The van der Waals surface area contributed by atoms with Gasteiger partial charge in [0.25, 0.3) is 0 Å². The molecular weight excluding hydrogens is 408 g/mol. The molecule has 0 spiro atoms. The Morgan fingerprint density at radius 1 is 1.19 bits per heavy atom. The highest BCUT2D eigenvalue weighted by molar-refractivity contribution is 7.20. The summed E-state index contributed by atoms with van der Waals surface area (Å²) in [7, 11) is 0. The zero-order valence-corrected chi connectivity index (χ0v) is 18.8. The fraction of sp³-hybridized carbons (Fsp3) is 0.292. The predicted octanol–water partition coefficient (Wildman–Crippen LogP) is 5.28. The summed E-state index contributed by atoms with van der Waals surface area (Å²) in [5.74, 6) is 1.53. The number of fused-ring (bicyclic) bond motifs is 2. The summed E-state index contributed by atoms with van der Waals surface area (Å²) in [6.45, 7) is 8.78. The molecule has 1 aliphatic rings. The highest BCUT2D eigenvalue weighted by atomic mass is 32.1. The summed E-state index contributed by atoms with van der Waals surface area (Å²) >= 11 is 1.54. The van der Waals surface area contributed by atoms with Gasteiger partial charge in [-0.15, -0.1) is 0 Å². The van der Waals surface area contributed by atoms with E-state index >= 15 is 0 Å². The Morgan fingerprint density at radius 2 is 2.03 bits per heavy atom. The molecule has 0 saturated heterocycles. The van der Waals surface area contributed by atoms with Gasteiger partial charge in [0, 0.05) is 17.9 Å². The van der Waals surface area contributed by atoms with Crippen LogP contribution in [0.15, 0.2) is 36.4 Å². The van der Waals surface area contributed by atoms with Crippen molar-refractivity contribution in [2.45, 2.75) is 40.0 Å². The van der Waals surface area contributed by atoms with Gasteiger partial charge in [0.15, 0.2) is 0 Å². The molecule has 1 atom stereocenters. The van der Waals surface area contributed by atoms with Crippen LogP contribution in [0.1, 0.15) is 47.2 Å². The minimum Gasteiger partial charge on any atom is -0.494 e. The zero-order chi connectivity index (χ0) is 21.7. The average Bonchev–Trinajstić information content (AvgIpc) is 3.30. The van der Waals surface area contributed by atoms with Crippen LogP contribution in [-0.2, 0) is 4.79 Å². The molecule has 6 nitrogen and oxygen atoms in total. The van der Waals surface area contributed by atoms with Crippen LogP contribution in [0.25, 0.3) is 15.3 Å². The number of hydrogen-bond donors (Lipinski definition) is 1. The Kier molecular flexibility index (Phi) is 4.78. The van der Waals surface area contributed by atoms with E-state index in [1.165, 1.54) is 28.0 Å². The SMILES string of the molecule is CCOc1ccc2nc(-n3nc(C)c4c3NC(=O)CC4c3cc(C)ccc3C)sc2c1. The first-order chi connectivity index (χ1) is 14.9. The first kappa shape index (κ1) is 19.8. The van der Waals surface area contributed by atoms with Gasteiger partial charge in [-0.25, -0.2) is 4.98 Å². The van der Waals surface area contributed by atoms with Crippen molar-refractivity contribution in [2.75, 3.05) is 11.9 Å². The van der Waals surface area contributed by atoms with Gasteiger partial charge in [0.1, 0.15) is 11.6 Å². The van der Waals surface area contributed by atoms with Crippen LogP contribution < -0.4 is 10.1 Å². The van der Waals surface area contributed by atoms with Crippen molar-refractivity contribution in [3.05, 3.63) is 64.3 Å². The third kappa shape index (κ3) is 3.39. The molecule has 1 amide bonds. The van der Waals surface area contributed by atoms with Crippen LogP contribution >= 0.6 is 11.3 Å². The van der Waals surface area contributed by atoms with E-state index in [9.17, 15) is 4.79 Å². The number of hydrogen-bond acceptors (Lipinski definition) is 5. The number of amides is 1. The molecule has 1 aliphatic heterocycles. The molecule has 1 unspecified atom stereocenters. The van der Waals surface area contributed by atoms with Gasteiger partial charge in [0.2, 0.25) is 11.0 Å². The van der Waals surface area contributed by atoms with Gasteiger partial charge in [-0.1, -0.05) is 35.1 Å². The third-order valence-electron chi connectivity index (χ3n) is 5.75. The first-order valence-corrected chi connectivity index (χ1v) is 11.3.